The quantitative estimate of drug-likeness (QED) is 0.879. The fourth-order valence-corrected chi connectivity index (χ4v) is 1.96. The SMILES string of the molecule is O=C(CSc1nc2ccccc2o1)NCC(F)(F)F. The number of hydrogen-bond acceptors (Lipinski definition) is 4. The second kappa shape index (κ2) is 5.52. The third-order valence-electron chi connectivity index (χ3n) is 2.09. The summed E-state index contributed by atoms with van der Waals surface area (Å²) >= 11 is 0.948. The van der Waals surface area contributed by atoms with E-state index in [0.29, 0.717) is 11.1 Å². The molecule has 8 heteroatoms. The fourth-order valence-electron chi connectivity index (χ4n) is 1.29. The zero-order valence-corrected chi connectivity index (χ0v) is 10.3. The molecule has 1 amide bonds. The summed E-state index contributed by atoms with van der Waals surface area (Å²) in [7, 11) is 0. The molecule has 4 nitrogen and oxygen atoms in total. The molecule has 0 aliphatic rings. The number of amides is 1. The molecule has 2 aromatic rings. The molecule has 0 saturated heterocycles. The van der Waals surface area contributed by atoms with Gasteiger partial charge in [-0.15, -0.1) is 0 Å². The number of alkyl halides is 3. The van der Waals surface area contributed by atoms with E-state index in [4.69, 9.17) is 4.42 Å². The minimum Gasteiger partial charge on any atom is -0.431 e. The van der Waals surface area contributed by atoms with Crippen LogP contribution in [0.1, 0.15) is 0 Å². The van der Waals surface area contributed by atoms with Gasteiger partial charge in [-0.3, -0.25) is 4.79 Å². The van der Waals surface area contributed by atoms with Crippen LogP contribution in [-0.2, 0) is 4.79 Å². The van der Waals surface area contributed by atoms with Crippen molar-refractivity contribution < 1.29 is 22.4 Å². The van der Waals surface area contributed by atoms with Crippen molar-refractivity contribution in [3.63, 3.8) is 0 Å². The van der Waals surface area contributed by atoms with Crippen LogP contribution in [0.15, 0.2) is 33.9 Å². The molecule has 19 heavy (non-hydrogen) atoms. The molecular formula is C11H9F3N2O2S. The van der Waals surface area contributed by atoms with Crippen molar-refractivity contribution in [1.29, 1.82) is 0 Å². The Balaban J connectivity index is 1.86. The molecule has 1 aromatic heterocycles. The van der Waals surface area contributed by atoms with Gasteiger partial charge >= 0.3 is 6.18 Å². The van der Waals surface area contributed by atoms with Gasteiger partial charge in [0, 0.05) is 0 Å². The maximum absolute atomic E-state index is 11.9. The van der Waals surface area contributed by atoms with E-state index in [2.05, 4.69) is 4.98 Å². The maximum Gasteiger partial charge on any atom is 0.405 e. The van der Waals surface area contributed by atoms with Crippen LogP contribution >= 0.6 is 11.8 Å². The predicted octanol–water partition coefficient (Wildman–Crippen LogP) is 2.60. The van der Waals surface area contributed by atoms with E-state index in [0.717, 1.165) is 11.8 Å². The first-order chi connectivity index (χ1) is 8.94. The molecule has 0 aliphatic heterocycles. The van der Waals surface area contributed by atoms with Crippen molar-refractivity contribution in [1.82, 2.24) is 10.3 Å². The number of rotatable bonds is 4. The largest absolute Gasteiger partial charge is 0.431 e. The molecule has 0 aliphatic carbocycles. The zero-order chi connectivity index (χ0) is 13.9. The summed E-state index contributed by atoms with van der Waals surface area (Å²) in [6.45, 7) is -1.33. The number of aromatic nitrogens is 1. The number of thioether (sulfide) groups is 1. The number of oxazole rings is 1. The molecule has 2 rings (SSSR count). The number of nitrogens with zero attached hydrogens (tertiary/aromatic N) is 1. The summed E-state index contributed by atoms with van der Waals surface area (Å²) in [5.41, 5.74) is 1.21. The van der Waals surface area contributed by atoms with Crippen molar-refractivity contribution in [2.75, 3.05) is 12.3 Å². The second-order valence-electron chi connectivity index (χ2n) is 3.63. The first-order valence-electron chi connectivity index (χ1n) is 5.26. The van der Waals surface area contributed by atoms with Gasteiger partial charge in [0.1, 0.15) is 12.1 Å². The summed E-state index contributed by atoms with van der Waals surface area (Å²) in [5, 5.41) is 2.03. The Hall–Kier alpha value is -1.70. The van der Waals surface area contributed by atoms with Crippen molar-refractivity contribution in [2.45, 2.75) is 11.4 Å². The Labute approximate surface area is 110 Å². The van der Waals surface area contributed by atoms with E-state index in [1.165, 1.54) is 0 Å². The molecule has 0 atom stereocenters. The number of carbonyl (C=O) groups is 1. The number of nitrogens with one attached hydrogen (secondary N) is 1. The lowest BCUT2D eigenvalue weighted by Crippen LogP contribution is -2.34. The zero-order valence-electron chi connectivity index (χ0n) is 9.53. The minimum atomic E-state index is -4.40. The van der Waals surface area contributed by atoms with E-state index in [-0.39, 0.29) is 11.0 Å². The molecule has 1 N–H and O–H groups in total. The number of para-hydroxylation sites is 2. The van der Waals surface area contributed by atoms with Gasteiger partial charge in [0.2, 0.25) is 5.91 Å². The lowest BCUT2D eigenvalue weighted by Gasteiger charge is -2.06. The van der Waals surface area contributed by atoms with Gasteiger partial charge in [-0.1, -0.05) is 23.9 Å². The molecule has 0 unspecified atom stereocenters. The molecule has 1 heterocycles. The fraction of sp³-hybridized carbons (Fsp3) is 0.273. The van der Waals surface area contributed by atoms with E-state index in [1.54, 1.807) is 29.6 Å². The van der Waals surface area contributed by atoms with Crippen molar-refractivity contribution in [2.24, 2.45) is 0 Å². The molecule has 1 aromatic carbocycles. The third kappa shape index (κ3) is 4.16. The predicted molar refractivity (Wildman–Crippen MR) is 63.8 cm³/mol. The maximum atomic E-state index is 11.9. The van der Waals surface area contributed by atoms with Crippen LogP contribution in [0.25, 0.3) is 11.1 Å². The number of benzene rings is 1. The Morgan fingerprint density at radius 1 is 1.37 bits per heavy atom. The highest BCUT2D eigenvalue weighted by Crippen LogP contribution is 2.22. The molecule has 0 radical (unpaired) electrons. The number of carbonyl (C=O) groups excluding carboxylic acids is 1. The third-order valence-corrected chi connectivity index (χ3v) is 2.92. The normalized spacial score (nSPS) is 11.7. The van der Waals surface area contributed by atoms with Crippen LogP contribution in [0.3, 0.4) is 0 Å². The average Bonchev–Trinajstić information content (AvgIpc) is 2.75. The van der Waals surface area contributed by atoms with Gasteiger partial charge in [-0.25, -0.2) is 4.98 Å². The highest BCUT2D eigenvalue weighted by atomic mass is 32.2. The van der Waals surface area contributed by atoms with E-state index in [9.17, 15) is 18.0 Å². The number of halogens is 3. The van der Waals surface area contributed by atoms with Crippen LogP contribution in [0.5, 0.6) is 0 Å². The van der Waals surface area contributed by atoms with Crippen LogP contribution < -0.4 is 5.32 Å². The summed E-state index contributed by atoms with van der Waals surface area (Å²) in [6, 6.07) is 7.02. The Morgan fingerprint density at radius 2 is 2.11 bits per heavy atom. The second-order valence-corrected chi connectivity index (χ2v) is 4.55. The molecular weight excluding hydrogens is 281 g/mol. The smallest absolute Gasteiger partial charge is 0.405 e. The van der Waals surface area contributed by atoms with Crippen LogP contribution in [-0.4, -0.2) is 29.4 Å². The average molecular weight is 290 g/mol. The standard InChI is InChI=1S/C11H9F3N2O2S/c12-11(13,14)6-15-9(17)5-19-10-16-7-3-1-2-4-8(7)18-10/h1-4H,5-6H2,(H,15,17). The van der Waals surface area contributed by atoms with Gasteiger partial charge in [0.15, 0.2) is 5.58 Å². The van der Waals surface area contributed by atoms with Gasteiger partial charge in [0.25, 0.3) is 5.22 Å². The van der Waals surface area contributed by atoms with Crippen molar-refractivity contribution in [3.05, 3.63) is 24.3 Å². The minimum absolute atomic E-state index is 0.178. The summed E-state index contributed by atoms with van der Waals surface area (Å²) in [5.74, 6) is -0.896. The van der Waals surface area contributed by atoms with Gasteiger partial charge in [0.05, 0.1) is 5.75 Å². The van der Waals surface area contributed by atoms with Gasteiger partial charge in [-0.2, -0.15) is 13.2 Å². The highest BCUT2D eigenvalue weighted by Gasteiger charge is 2.27. The highest BCUT2D eigenvalue weighted by molar-refractivity contribution is 7.99. The number of fused-ring (bicyclic) bond motifs is 1. The van der Waals surface area contributed by atoms with E-state index in [1.807, 2.05) is 0 Å². The Kier molecular flexibility index (Phi) is 3.98. The first-order valence-corrected chi connectivity index (χ1v) is 6.24. The van der Waals surface area contributed by atoms with Crippen LogP contribution in [0.4, 0.5) is 13.2 Å². The lowest BCUT2D eigenvalue weighted by atomic mass is 10.3. The van der Waals surface area contributed by atoms with Crippen molar-refractivity contribution >= 4 is 28.8 Å². The van der Waals surface area contributed by atoms with Crippen molar-refractivity contribution in [3.8, 4) is 0 Å². The number of hydrogen-bond donors (Lipinski definition) is 1. The summed E-state index contributed by atoms with van der Waals surface area (Å²) in [6.07, 6.45) is -4.40. The topological polar surface area (TPSA) is 55.1 Å². The Bertz CT molecular complexity index is 550. The molecule has 0 bridgehead atoms. The van der Waals surface area contributed by atoms with E-state index >= 15 is 0 Å². The monoisotopic (exact) mass is 290 g/mol. The first kappa shape index (κ1) is 13.7. The van der Waals surface area contributed by atoms with Crippen LogP contribution in [0, 0.1) is 0 Å². The van der Waals surface area contributed by atoms with Crippen LogP contribution in [0.2, 0.25) is 0 Å². The molecule has 0 saturated carbocycles. The van der Waals surface area contributed by atoms with E-state index < -0.39 is 18.6 Å². The molecule has 0 fully saturated rings. The summed E-state index contributed by atoms with van der Waals surface area (Å²) in [4.78, 5) is 15.3. The molecule has 102 valence electrons. The summed E-state index contributed by atoms with van der Waals surface area (Å²) < 4.78 is 40.9. The van der Waals surface area contributed by atoms with Gasteiger partial charge in [-0.05, 0) is 12.1 Å². The Morgan fingerprint density at radius 3 is 2.79 bits per heavy atom. The lowest BCUT2D eigenvalue weighted by molar-refractivity contribution is -0.136. The van der Waals surface area contributed by atoms with Gasteiger partial charge < -0.3 is 9.73 Å². The molecule has 0 spiro atoms.